The Morgan fingerprint density at radius 3 is 2.92 bits per heavy atom. The van der Waals surface area contributed by atoms with E-state index in [-0.39, 0.29) is 11.9 Å². The molecule has 1 aliphatic rings. The summed E-state index contributed by atoms with van der Waals surface area (Å²) in [6.45, 7) is 1.41. The van der Waals surface area contributed by atoms with Gasteiger partial charge in [-0.05, 0) is 30.2 Å². The van der Waals surface area contributed by atoms with Crippen LogP contribution in [0.2, 0.25) is 0 Å². The predicted molar refractivity (Wildman–Crippen MR) is 93.9 cm³/mol. The number of hydrogen-bond acceptors (Lipinski definition) is 5. The molecule has 0 unspecified atom stereocenters. The van der Waals surface area contributed by atoms with Crippen molar-refractivity contribution in [3.8, 4) is 11.5 Å². The van der Waals surface area contributed by atoms with Crippen LogP contribution in [0.3, 0.4) is 0 Å². The fourth-order valence-electron chi connectivity index (χ4n) is 2.65. The van der Waals surface area contributed by atoms with Gasteiger partial charge in [0.05, 0.1) is 38.8 Å². The Kier molecular flexibility index (Phi) is 5.35. The van der Waals surface area contributed by atoms with Gasteiger partial charge in [-0.3, -0.25) is 9.48 Å². The summed E-state index contributed by atoms with van der Waals surface area (Å²) in [7, 11) is 3.16. The molecule has 1 amide bonds. The molecule has 3 rings (SSSR count). The summed E-state index contributed by atoms with van der Waals surface area (Å²) >= 11 is 0. The lowest BCUT2D eigenvalue weighted by molar-refractivity contribution is -0.111. The van der Waals surface area contributed by atoms with E-state index in [1.54, 1.807) is 38.6 Å². The normalized spacial score (nSPS) is 17.0. The van der Waals surface area contributed by atoms with Crippen LogP contribution in [0, 0.1) is 0 Å². The maximum Gasteiger partial charge on any atom is 0.248 e. The van der Waals surface area contributed by atoms with E-state index in [1.165, 1.54) is 6.08 Å². The molecule has 1 atom stereocenters. The molecule has 1 aliphatic heterocycles. The number of carbonyl (C=O) groups is 1. The van der Waals surface area contributed by atoms with E-state index < -0.39 is 0 Å². The van der Waals surface area contributed by atoms with Gasteiger partial charge in [-0.1, -0.05) is 6.07 Å². The number of nitrogens with zero attached hydrogens (tertiary/aromatic N) is 2. The molecule has 2 aromatic rings. The number of carbonyl (C=O) groups excluding carboxylic acids is 1. The smallest absolute Gasteiger partial charge is 0.248 e. The van der Waals surface area contributed by atoms with E-state index in [2.05, 4.69) is 10.4 Å². The second kappa shape index (κ2) is 7.85. The number of benzene rings is 1. The minimum absolute atomic E-state index is 0.225. The molecule has 2 heterocycles. The molecule has 0 saturated carbocycles. The second-order valence-corrected chi connectivity index (χ2v) is 5.66. The minimum Gasteiger partial charge on any atom is -0.493 e. The van der Waals surface area contributed by atoms with Gasteiger partial charge in [0.1, 0.15) is 0 Å². The summed E-state index contributed by atoms with van der Waals surface area (Å²) in [5.41, 5.74) is 1.50. The molecule has 0 bridgehead atoms. The van der Waals surface area contributed by atoms with Gasteiger partial charge >= 0.3 is 0 Å². The summed E-state index contributed by atoms with van der Waals surface area (Å²) < 4.78 is 17.6. The van der Waals surface area contributed by atoms with Crippen molar-refractivity contribution in [1.29, 1.82) is 0 Å². The zero-order valence-electron chi connectivity index (χ0n) is 14.3. The van der Waals surface area contributed by atoms with Gasteiger partial charge in [-0.25, -0.2) is 0 Å². The summed E-state index contributed by atoms with van der Waals surface area (Å²) in [5.74, 6) is 1.04. The van der Waals surface area contributed by atoms with E-state index in [1.807, 2.05) is 16.9 Å². The zero-order chi connectivity index (χ0) is 17.6. The molecule has 1 aromatic carbocycles. The number of anilines is 1. The molecule has 7 heteroatoms. The molecule has 0 radical (unpaired) electrons. The van der Waals surface area contributed by atoms with Crippen LogP contribution in [0.25, 0.3) is 6.08 Å². The molecular formula is C18H21N3O4. The first-order valence-corrected chi connectivity index (χ1v) is 8.02. The average Bonchev–Trinajstić information content (AvgIpc) is 3.31. The van der Waals surface area contributed by atoms with Crippen LogP contribution in [0.15, 0.2) is 36.7 Å². The van der Waals surface area contributed by atoms with Gasteiger partial charge in [0, 0.05) is 18.9 Å². The molecule has 0 aliphatic carbocycles. The highest BCUT2D eigenvalue weighted by molar-refractivity contribution is 6.01. The van der Waals surface area contributed by atoms with Crippen LogP contribution in [-0.4, -0.2) is 43.1 Å². The van der Waals surface area contributed by atoms with E-state index in [0.29, 0.717) is 23.8 Å². The Balaban J connectivity index is 1.61. The van der Waals surface area contributed by atoms with Crippen LogP contribution >= 0.6 is 0 Å². The van der Waals surface area contributed by atoms with Gasteiger partial charge < -0.3 is 19.5 Å². The van der Waals surface area contributed by atoms with E-state index in [9.17, 15) is 4.79 Å². The zero-order valence-corrected chi connectivity index (χ0v) is 14.3. The van der Waals surface area contributed by atoms with E-state index >= 15 is 0 Å². The number of methoxy groups -OCH3 is 2. The summed E-state index contributed by atoms with van der Waals surface area (Å²) in [6.07, 6.45) is 7.58. The molecular weight excluding hydrogens is 322 g/mol. The number of nitrogens with one attached hydrogen (secondary N) is 1. The second-order valence-electron chi connectivity index (χ2n) is 5.66. The standard InChI is InChI=1S/C18H21N3O4/c1-23-16-5-3-13(9-17(16)24-2)4-6-18(22)20-14-10-19-21(11-14)15-7-8-25-12-15/h3-6,9-11,15H,7-8,12H2,1-2H3,(H,20,22)/b6-4+/t15-/m1/s1. The lowest BCUT2D eigenvalue weighted by atomic mass is 10.2. The molecule has 1 aromatic heterocycles. The summed E-state index contributed by atoms with van der Waals surface area (Å²) in [6, 6.07) is 5.70. The lowest BCUT2D eigenvalue weighted by Crippen LogP contribution is -2.09. The van der Waals surface area contributed by atoms with Gasteiger partial charge in [-0.2, -0.15) is 5.10 Å². The van der Waals surface area contributed by atoms with Crippen LogP contribution in [0.1, 0.15) is 18.0 Å². The Bertz CT molecular complexity index is 763. The van der Waals surface area contributed by atoms with E-state index in [0.717, 1.165) is 18.6 Å². The molecule has 7 nitrogen and oxygen atoms in total. The number of aromatic nitrogens is 2. The van der Waals surface area contributed by atoms with E-state index in [4.69, 9.17) is 14.2 Å². The highest BCUT2D eigenvalue weighted by atomic mass is 16.5. The third kappa shape index (κ3) is 4.19. The number of amides is 1. The largest absolute Gasteiger partial charge is 0.493 e. The number of rotatable bonds is 6. The Morgan fingerprint density at radius 1 is 1.36 bits per heavy atom. The van der Waals surface area contributed by atoms with Crippen molar-refractivity contribution >= 4 is 17.7 Å². The maximum absolute atomic E-state index is 12.1. The Labute approximate surface area is 146 Å². The van der Waals surface area contributed by atoms with Crippen molar-refractivity contribution in [3.63, 3.8) is 0 Å². The van der Waals surface area contributed by atoms with Gasteiger partial charge in [0.25, 0.3) is 0 Å². The minimum atomic E-state index is -0.225. The third-order valence-corrected chi connectivity index (χ3v) is 3.98. The highest BCUT2D eigenvalue weighted by Gasteiger charge is 2.18. The van der Waals surface area contributed by atoms with Crippen LogP contribution in [0.4, 0.5) is 5.69 Å². The SMILES string of the molecule is COc1ccc(/C=C/C(=O)Nc2cnn([C@@H]3CCOC3)c2)cc1OC. The molecule has 1 N–H and O–H groups in total. The quantitative estimate of drug-likeness (QED) is 0.816. The van der Waals surface area contributed by atoms with Crippen molar-refractivity contribution in [2.75, 3.05) is 32.8 Å². The summed E-state index contributed by atoms with van der Waals surface area (Å²) in [4.78, 5) is 12.1. The fraction of sp³-hybridized carbons (Fsp3) is 0.333. The van der Waals surface area contributed by atoms with Crippen molar-refractivity contribution in [1.82, 2.24) is 9.78 Å². The lowest BCUT2D eigenvalue weighted by Gasteiger charge is -2.07. The first-order chi connectivity index (χ1) is 12.2. The van der Waals surface area contributed by atoms with Gasteiger partial charge in [0.2, 0.25) is 5.91 Å². The topological polar surface area (TPSA) is 74.6 Å². The number of hydrogen-bond donors (Lipinski definition) is 1. The average molecular weight is 343 g/mol. The van der Waals surface area contributed by atoms with Crippen LogP contribution < -0.4 is 14.8 Å². The molecule has 132 valence electrons. The maximum atomic E-state index is 12.1. The van der Waals surface area contributed by atoms with Crippen LogP contribution in [-0.2, 0) is 9.53 Å². The highest BCUT2D eigenvalue weighted by Crippen LogP contribution is 2.28. The van der Waals surface area contributed by atoms with Crippen molar-refractivity contribution in [2.24, 2.45) is 0 Å². The first kappa shape index (κ1) is 17.0. The fourth-order valence-corrected chi connectivity index (χ4v) is 2.65. The van der Waals surface area contributed by atoms with Crippen molar-refractivity contribution < 1.29 is 19.0 Å². The molecule has 25 heavy (non-hydrogen) atoms. The summed E-state index contributed by atoms with van der Waals surface area (Å²) in [5, 5.41) is 7.08. The molecule has 0 spiro atoms. The Morgan fingerprint density at radius 2 is 2.20 bits per heavy atom. The van der Waals surface area contributed by atoms with Gasteiger partial charge in [0.15, 0.2) is 11.5 Å². The van der Waals surface area contributed by atoms with Crippen molar-refractivity contribution in [3.05, 3.63) is 42.2 Å². The van der Waals surface area contributed by atoms with Gasteiger partial charge in [-0.15, -0.1) is 0 Å². The first-order valence-electron chi connectivity index (χ1n) is 8.02. The molecule has 1 fully saturated rings. The predicted octanol–water partition coefficient (Wildman–Crippen LogP) is 2.51. The Hall–Kier alpha value is -2.80. The van der Waals surface area contributed by atoms with Crippen molar-refractivity contribution in [2.45, 2.75) is 12.5 Å². The molecule has 1 saturated heterocycles. The number of ether oxygens (including phenoxy) is 3. The monoisotopic (exact) mass is 343 g/mol. The van der Waals surface area contributed by atoms with Crippen LogP contribution in [0.5, 0.6) is 11.5 Å². The third-order valence-electron chi connectivity index (χ3n) is 3.98.